The summed E-state index contributed by atoms with van der Waals surface area (Å²) < 4.78 is 5.84. The number of rotatable bonds is 8. The highest BCUT2D eigenvalue weighted by atomic mass is 32.2. The molecule has 1 aromatic rings. The molecule has 0 atom stereocenters. The SMILES string of the molecule is CNCCC1CCN(CCOc2ccc(SC)cc2)CC1. The zero-order chi connectivity index (χ0) is 14.9. The van der Waals surface area contributed by atoms with Gasteiger partial charge in [0.05, 0.1) is 0 Å². The van der Waals surface area contributed by atoms with Crippen LogP contribution in [0.15, 0.2) is 29.2 Å². The number of hydrogen-bond donors (Lipinski definition) is 1. The van der Waals surface area contributed by atoms with Gasteiger partial charge in [0.25, 0.3) is 0 Å². The van der Waals surface area contributed by atoms with Gasteiger partial charge in [0.2, 0.25) is 0 Å². The lowest BCUT2D eigenvalue weighted by molar-refractivity contribution is 0.151. The Morgan fingerprint density at radius 2 is 1.95 bits per heavy atom. The maximum atomic E-state index is 5.84. The number of nitrogens with one attached hydrogen (secondary N) is 1. The summed E-state index contributed by atoms with van der Waals surface area (Å²) in [7, 11) is 2.04. The van der Waals surface area contributed by atoms with E-state index in [2.05, 4.69) is 40.7 Å². The van der Waals surface area contributed by atoms with Crippen molar-refractivity contribution in [1.82, 2.24) is 10.2 Å². The van der Waals surface area contributed by atoms with Gasteiger partial charge >= 0.3 is 0 Å². The molecule has 1 aliphatic rings. The van der Waals surface area contributed by atoms with Gasteiger partial charge in [-0.3, -0.25) is 4.90 Å². The Balaban J connectivity index is 1.61. The van der Waals surface area contributed by atoms with Gasteiger partial charge in [0, 0.05) is 11.4 Å². The first-order chi connectivity index (χ1) is 10.3. The second-order valence-corrected chi connectivity index (χ2v) is 6.58. The van der Waals surface area contributed by atoms with E-state index >= 15 is 0 Å². The molecular weight excluding hydrogens is 280 g/mol. The highest BCUT2D eigenvalue weighted by Crippen LogP contribution is 2.21. The van der Waals surface area contributed by atoms with Gasteiger partial charge in [0.1, 0.15) is 12.4 Å². The van der Waals surface area contributed by atoms with Gasteiger partial charge in [-0.25, -0.2) is 0 Å². The van der Waals surface area contributed by atoms with E-state index in [1.165, 1.54) is 37.2 Å². The molecule has 4 heteroatoms. The molecule has 118 valence electrons. The summed E-state index contributed by atoms with van der Waals surface area (Å²) in [5.74, 6) is 1.89. The number of hydrogen-bond acceptors (Lipinski definition) is 4. The first-order valence-corrected chi connectivity index (χ1v) is 9.18. The van der Waals surface area contributed by atoms with Gasteiger partial charge in [-0.1, -0.05) is 0 Å². The van der Waals surface area contributed by atoms with Crippen molar-refractivity contribution in [1.29, 1.82) is 0 Å². The van der Waals surface area contributed by atoms with E-state index in [0.717, 1.165) is 31.4 Å². The minimum Gasteiger partial charge on any atom is -0.492 e. The van der Waals surface area contributed by atoms with E-state index in [9.17, 15) is 0 Å². The molecule has 1 fully saturated rings. The van der Waals surface area contributed by atoms with E-state index in [4.69, 9.17) is 4.74 Å². The van der Waals surface area contributed by atoms with Crippen molar-refractivity contribution in [3.63, 3.8) is 0 Å². The highest BCUT2D eigenvalue weighted by molar-refractivity contribution is 7.98. The lowest BCUT2D eigenvalue weighted by atomic mass is 9.93. The zero-order valence-corrected chi connectivity index (χ0v) is 14.1. The predicted octanol–water partition coefficient (Wildman–Crippen LogP) is 3.11. The van der Waals surface area contributed by atoms with Crippen molar-refractivity contribution in [3.8, 4) is 5.75 Å². The van der Waals surface area contributed by atoms with Crippen LogP contribution >= 0.6 is 11.8 Å². The minimum absolute atomic E-state index is 0.791. The third-order valence-electron chi connectivity index (χ3n) is 4.25. The van der Waals surface area contributed by atoms with Gasteiger partial charge in [-0.2, -0.15) is 0 Å². The van der Waals surface area contributed by atoms with Crippen LogP contribution in [-0.4, -0.2) is 51.0 Å². The molecule has 21 heavy (non-hydrogen) atoms. The number of benzene rings is 1. The molecule has 0 bridgehead atoms. The van der Waals surface area contributed by atoms with Crippen LogP contribution in [0.3, 0.4) is 0 Å². The fraction of sp³-hybridized carbons (Fsp3) is 0.647. The van der Waals surface area contributed by atoms with E-state index < -0.39 is 0 Å². The van der Waals surface area contributed by atoms with Crippen molar-refractivity contribution in [2.24, 2.45) is 5.92 Å². The topological polar surface area (TPSA) is 24.5 Å². The van der Waals surface area contributed by atoms with Crippen LogP contribution in [0.5, 0.6) is 5.75 Å². The normalized spacial score (nSPS) is 17.0. The van der Waals surface area contributed by atoms with Crippen molar-refractivity contribution < 1.29 is 4.74 Å². The molecule has 2 rings (SSSR count). The standard InChI is InChI=1S/C17H28N2OS/c1-18-10-7-15-8-11-19(12-9-15)13-14-20-16-3-5-17(21-2)6-4-16/h3-6,15,18H,7-14H2,1-2H3. The number of piperidine rings is 1. The van der Waals surface area contributed by atoms with Crippen molar-refractivity contribution in [2.45, 2.75) is 24.2 Å². The number of thioether (sulfide) groups is 1. The highest BCUT2D eigenvalue weighted by Gasteiger charge is 2.18. The van der Waals surface area contributed by atoms with E-state index in [-0.39, 0.29) is 0 Å². The molecular formula is C17H28N2OS. The van der Waals surface area contributed by atoms with Crippen LogP contribution in [0.25, 0.3) is 0 Å². The largest absolute Gasteiger partial charge is 0.492 e. The molecule has 1 aliphatic heterocycles. The Kier molecular flexibility index (Phi) is 7.41. The predicted molar refractivity (Wildman–Crippen MR) is 91.4 cm³/mol. The van der Waals surface area contributed by atoms with Crippen LogP contribution in [0.1, 0.15) is 19.3 Å². The summed E-state index contributed by atoms with van der Waals surface area (Å²) in [5.41, 5.74) is 0. The second kappa shape index (κ2) is 9.34. The fourth-order valence-corrected chi connectivity index (χ4v) is 3.22. The zero-order valence-electron chi connectivity index (χ0n) is 13.3. The molecule has 1 N–H and O–H groups in total. The van der Waals surface area contributed by atoms with Gasteiger partial charge in [-0.05, 0) is 82.4 Å². The third-order valence-corrected chi connectivity index (χ3v) is 4.99. The second-order valence-electron chi connectivity index (χ2n) is 5.70. The summed E-state index contributed by atoms with van der Waals surface area (Å²) in [6, 6.07) is 8.37. The summed E-state index contributed by atoms with van der Waals surface area (Å²) >= 11 is 1.76. The third kappa shape index (κ3) is 5.89. The quantitative estimate of drug-likeness (QED) is 0.746. The lowest BCUT2D eigenvalue weighted by Gasteiger charge is -2.31. The van der Waals surface area contributed by atoms with Crippen LogP contribution in [-0.2, 0) is 0 Å². The van der Waals surface area contributed by atoms with Crippen molar-refractivity contribution in [3.05, 3.63) is 24.3 Å². The molecule has 0 saturated carbocycles. The number of nitrogens with zero attached hydrogens (tertiary/aromatic N) is 1. The molecule has 0 spiro atoms. The Hall–Kier alpha value is -0.710. The molecule has 1 saturated heterocycles. The molecule has 3 nitrogen and oxygen atoms in total. The average Bonchev–Trinajstić information content (AvgIpc) is 2.55. The Bertz CT molecular complexity index is 388. The minimum atomic E-state index is 0.791. The first kappa shape index (κ1) is 16.7. The summed E-state index contributed by atoms with van der Waals surface area (Å²) in [5, 5.41) is 3.25. The van der Waals surface area contributed by atoms with Crippen molar-refractivity contribution in [2.75, 3.05) is 46.1 Å². The molecule has 0 aromatic heterocycles. The van der Waals surface area contributed by atoms with Gasteiger partial charge in [0.15, 0.2) is 0 Å². The maximum Gasteiger partial charge on any atom is 0.119 e. The molecule has 0 amide bonds. The maximum absolute atomic E-state index is 5.84. The van der Waals surface area contributed by atoms with Crippen LogP contribution in [0, 0.1) is 5.92 Å². The van der Waals surface area contributed by atoms with Crippen LogP contribution in [0.4, 0.5) is 0 Å². The Morgan fingerprint density at radius 1 is 1.24 bits per heavy atom. The van der Waals surface area contributed by atoms with Crippen LogP contribution in [0.2, 0.25) is 0 Å². The fourth-order valence-electron chi connectivity index (χ4n) is 2.81. The average molecular weight is 308 g/mol. The van der Waals surface area contributed by atoms with Gasteiger partial charge in [-0.15, -0.1) is 11.8 Å². The van der Waals surface area contributed by atoms with Crippen molar-refractivity contribution >= 4 is 11.8 Å². The number of likely N-dealkylation sites (tertiary alicyclic amines) is 1. The molecule has 1 aromatic carbocycles. The lowest BCUT2D eigenvalue weighted by Crippen LogP contribution is -2.37. The summed E-state index contributed by atoms with van der Waals surface area (Å²) in [4.78, 5) is 3.82. The molecule has 0 radical (unpaired) electrons. The van der Waals surface area contributed by atoms with E-state index in [0.29, 0.717) is 0 Å². The van der Waals surface area contributed by atoms with Crippen LogP contribution < -0.4 is 10.1 Å². The summed E-state index contributed by atoms with van der Waals surface area (Å²) in [6.07, 6.45) is 6.09. The van der Waals surface area contributed by atoms with E-state index in [1.807, 2.05) is 7.05 Å². The molecule has 0 unspecified atom stereocenters. The van der Waals surface area contributed by atoms with Gasteiger partial charge < -0.3 is 10.1 Å². The smallest absolute Gasteiger partial charge is 0.119 e. The summed E-state index contributed by atoms with van der Waals surface area (Å²) in [6.45, 7) is 5.44. The number of ether oxygens (including phenoxy) is 1. The van der Waals surface area contributed by atoms with E-state index in [1.54, 1.807) is 11.8 Å². The molecule has 0 aliphatic carbocycles. The Morgan fingerprint density at radius 3 is 2.57 bits per heavy atom. The molecule has 1 heterocycles. The monoisotopic (exact) mass is 308 g/mol. The first-order valence-electron chi connectivity index (χ1n) is 7.95. The Labute approximate surface area is 133 Å².